The lowest BCUT2D eigenvalue weighted by Crippen LogP contribution is -2.32. The minimum atomic E-state index is -0.983. The van der Waals surface area contributed by atoms with Crippen molar-refractivity contribution in [2.75, 3.05) is 20.8 Å². The number of Topliss-reactive ketones (excluding diaryl/α,β-unsaturated/α-hetero) is 1. The van der Waals surface area contributed by atoms with Crippen molar-refractivity contribution < 1.29 is 34.1 Å². The maximum Gasteiger partial charge on any atom is 0.303 e. The van der Waals surface area contributed by atoms with Gasteiger partial charge in [-0.25, -0.2) is 0 Å². The summed E-state index contributed by atoms with van der Waals surface area (Å²) in [6, 6.07) is 4.13. The smallest absolute Gasteiger partial charge is 0.303 e. The molecular formula is C18H21NO7. The Labute approximate surface area is 150 Å². The van der Waals surface area contributed by atoms with Crippen molar-refractivity contribution in [3.05, 3.63) is 35.1 Å². The van der Waals surface area contributed by atoms with Gasteiger partial charge < -0.3 is 24.6 Å². The Hall–Kier alpha value is -3.03. The predicted octanol–water partition coefficient (Wildman–Crippen LogP) is 1.85. The Morgan fingerprint density at radius 2 is 1.85 bits per heavy atom. The lowest BCUT2D eigenvalue weighted by molar-refractivity contribution is -0.138. The van der Waals surface area contributed by atoms with E-state index in [-0.39, 0.29) is 25.0 Å². The second kappa shape index (κ2) is 7.90. The van der Waals surface area contributed by atoms with Crippen molar-refractivity contribution in [1.82, 2.24) is 4.90 Å². The minimum Gasteiger partial charge on any atom is -0.503 e. The van der Waals surface area contributed by atoms with Crippen LogP contribution in [0.2, 0.25) is 0 Å². The normalized spacial score (nSPS) is 16.8. The number of nitrogens with zero attached hydrogens (tertiary/aromatic N) is 1. The number of aliphatic hydroxyl groups excluding tert-OH is 1. The van der Waals surface area contributed by atoms with Crippen LogP contribution in [0.25, 0.3) is 0 Å². The number of carbonyl (C=O) groups excluding carboxylic acids is 2. The molecule has 1 aliphatic rings. The second-order valence-corrected chi connectivity index (χ2v) is 5.83. The molecule has 2 rings (SSSR count). The molecule has 1 heterocycles. The van der Waals surface area contributed by atoms with Crippen LogP contribution in [0.5, 0.6) is 11.5 Å². The van der Waals surface area contributed by atoms with Crippen LogP contribution in [0, 0.1) is 0 Å². The lowest BCUT2D eigenvalue weighted by atomic mass is 9.96. The maximum absolute atomic E-state index is 12.4. The van der Waals surface area contributed by atoms with Gasteiger partial charge in [-0.3, -0.25) is 14.4 Å². The van der Waals surface area contributed by atoms with Crippen LogP contribution in [0.3, 0.4) is 0 Å². The van der Waals surface area contributed by atoms with E-state index in [9.17, 15) is 19.5 Å². The topological polar surface area (TPSA) is 113 Å². The number of hydrogen-bond acceptors (Lipinski definition) is 6. The van der Waals surface area contributed by atoms with Crippen LogP contribution < -0.4 is 9.47 Å². The van der Waals surface area contributed by atoms with Gasteiger partial charge >= 0.3 is 5.97 Å². The standard InChI is InChI=1S/C18H21NO7/c1-10(20)15-16(11-6-7-12(25-2)13(9-11)26-3)19(18(24)17(15)23)8-4-5-14(21)22/h6-7,9,16,23H,4-5,8H2,1-3H3,(H,21,22)/t16-/m0/s1. The van der Waals surface area contributed by atoms with E-state index in [4.69, 9.17) is 14.6 Å². The van der Waals surface area contributed by atoms with Crippen LogP contribution in [0.15, 0.2) is 29.5 Å². The van der Waals surface area contributed by atoms with Gasteiger partial charge in [-0.05, 0) is 31.0 Å². The van der Waals surface area contributed by atoms with Gasteiger partial charge in [0.1, 0.15) is 0 Å². The number of carboxylic acids is 1. The average Bonchev–Trinajstić information content (AvgIpc) is 2.85. The van der Waals surface area contributed by atoms with E-state index < -0.39 is 29.5 Å². The molecule has 1 aromatic carbocycles. The molecule has 0 saturated heterocycles. The molecular weight excluding hydrogens is 342 g/mol. The first kappa shape index (κ1) is 19.3. The highest BCUT2D eigenvalue weighted by atomic mass is 16.5. The highest BCUT2D eigenvalue weighted by molar-refractivity contribution is 6.08. The minimum absolute atomic E-state index is 0.0162. The Morgan fingerprint density at radius 1 is 1.19 bits per heavy atom. The van der Waals surface area contributed by atoms with Gasteiger partial charge in [0.05, 0.1) is 25.8 Å². The number of ether oxygens (including phenoxy) is 2. The van der Waals surface area contributed by atoms with Crippen LogP contribution >= 0.6 is 0 Å². The first-order valence-electron chi connectivity index (χ1n) is 8.00. The van der Waals surface area contributed by atoms with Crippen molar-refractivity contribution >= 4 is 17.7 Å². The van der Waals surface area contributed by atoms with Crippen LogP contribution in [-0.2, 0) is 14.4 Å². The van der Waals surface area contributed by atoms with E-state index in [1.54, 1.807) is 18.2 Å². The van der Waals surface area contributed by atoms with Gasteiger partial charge in [0.2, 0.25) is 0 Å². The largest absolute Gasteiger partial charge is 0.503 e. The molecule has 0 aliphatic carbocycles. The molecule has 0 radical (unpaired) electrons. The third-order valence-electron chi connectivity index (χ3n) is 4.20. The van der Waals surface area contributed by atoms with E-state index >= 15 is 0 Å². The fraction of sp³-hybridized carbons (Fsp3) is 0.389. The zero-order valence-electron chi connectivity index (χ0n) is 14.8. The molecule has 0 bridgehead atoms. The van der Waals surface area contributed by atoms with Gasteiger partial charge in [0.25, 0.3) is 5.91 Å². The highest BCUT2D eigenvalue weighted by Crippen LogP contribution is 2.40. The number of aliphatic hydroxyl groups is 1. The van der Waals surface area contributed by atoms with E-state index in [1.807, 2.05) is 0 Å². The molecule has 2 N–H and O–H groups in total. The molecule has 0 fully saturated rings. The summed E-state index contributed by atoms with van der Waals surface area (Å²) in [4.78, 5) is 36.5. The molecule has 26 heavy (non-hydrogen) atoms. The monoisotopic (exact) mass is 363 g/mol. The second-order valence-electron chi connectivity index (χ2n) is 5.83. The maximum atomic E-state index is 12.4. The zero-order valence-corrected chi connectivity index (χ0v) is 14.8. The zero-order chi connectivity index (χ0) is 19.4. The van der Waals surface area contributed by atoms with Crippen molar-refractivity contribution in [1.29, 1.82) is 0 Å². The summed E-state index contributed by atoms with van der Waals surface area (Å²) < 4.78 is 10.5. The van der Waals surface area contributed by atoms with Gasteiger partial charge in [0.15, 0.2) is 23.0 Å². The summed E-state index contributed by atoms with van der Waals surface area (Å²) >= 11 is 0. The molecule has 1 aromatic rings. The van der Waals surface area contributed by atoms with E-state index in [2.05, 4.69) is 0 Å². The Bertz CT molecular complexity index is 769. The molecule has 1 aliphatic heterocycles. The fourth-order valence-corrected chi connectivity index (χ4v) is 3.01. The van der Waals surface area contributed by atoms with E-state index in [0.717, 1.165) is 0 Å². The summed E-state index contributed by atoms with van der Waals surface area (Å²) in [6.07, 6.45) is 0.0714. The van der Waals surface area contributed by atoms with Crippen molar-refractivity contribution in [2.24, 2.45) is 0 Å². The van der Waals surface area contributed by atoms with Crippen molar-refractivity contribution in [2.45, 2.75) is 25.8 Å². The number of aliphatic carboxylic acids is 1. The molecule has 0 saturated carbocycles. The molecule has 140 valence electrons. The van der Waals surface area contributed by atoms with Gasteiger partial charge in [-0.1, -0.05) is 6.07 Å². The number of rotatable bonds is 8. The van der Waals surface area contributed by atoms with Crippen molar-refractivity contribution in [3.8, 4) is 11.5 Å². The number of hydrogen-bond donors (Lipinski definition) is 2. The molecule has 0 spiro atoms. The first-order valence-corrected chi connectivity index (χ1v) is 8.00. The SMILES string of the molecule is COc1ccc([C@H]2C(C(C)=O)=C(O)C(=O)N2CCCC(=O)O)cc1OC. The summed E-state index contributed by atoms with van der Waals surface area (Å²) in [5.74, 6) is -1.82. The number of benzene rings is 1. The quantitative estimate of drug-likeness (QED) is 0.724. The number of ketones is 1. The van der Waals surface area contributed by atoms with Gasteiger partial charge in [0, 0.05) is 13.0 Å². The summed E-state index contributed by atoms with van der Waals surface area (Å²) in [7, 11) is 2.95. The number of carbonyl (C=O) groups is 3. The van der Waals surface area contributed by atoms with E-state index in [0.29, 0.717) is 17.1 Å². The van der Waals surface area contributed by atoms with Crippen LogP contribution in [-0.4, -0.2) is 53.5 Å². The Kier molecular flexibility index (Phi) is 5.86. The van der Waals surface area contributed by atoms with Gasteiger partial charge in [-0.15, -0.1) is 0 Å². The summed E-state index contributed by atoms with van der Waals surface area (Å²) in [6.45, 7) is 1.36. The van der Waals surface area contributed by atoms with Crippen LogP contribution in [0.1, 0.15) is 31.4 Å². The lowest BCUT2D eigenvalue weighted by Gasteiger charge is -2.27. The van der Waals surface area contributed by atoms with E-state index in [1.165, 1.54) is 26.0 Å². The molecule has 1 atom stereocenters. The third-order valence-corrected chi connectivity index (χ3v) is 4.20. The fourth-order valence-electron chi connectivity index (χ4n) is 3.01. The number of methoxy groups -OCH3 is 2. The molecule has 8 heteroatoms. The van der Waals surface area contributed by atoms with Crippen molar-refractivity contribution in [3.63, 3.8) is 0 Å². The van der Waals surface area contributed by atoms with Crippen LogP contribution in [0.4, 0.5) is 0 Å². The molecule has 0 unspecified atom stereocenters. The first-order chi connectivity index (χ1) is 12.3. The molecule has 1 amide bonds. The summed E-state index contributed by atoms with van der Waals surface area (Å²) in [5.41, 5.74) is 0.540. The summed E-state index contributed by atoms with van der Waals surface area (Å²) in [5, 5.41) is 19.0. The predicted molar refractivity (Wildman–Crippen MR) is 91.2 cm³/mol. The molecule has 8 nitrogen and oxygen atoms in total. The average molecular weight is 363 g/mol. The number of carboxylic acid groups (broad SMARTS) is 1. The highest BCUT2D eigenvalue weighted by Gasteiger charge is 2.42. The third kappa shape index (κ3) is 3.63. The van der Waals surface area contributed by atoms with Gasteiger partial charge in [-0.2, -0.15) is 0 Å². The Balaban J connectivity index is 2.45. The number of amides is 1. The Morgan fingerprint density at radius 3 is 2.38 bits per heavy atom. The molecule has 0 aromatic heterocycles.